The van der Waals surface area contributed by atoms with Crippen molar-refractivity contribution in [3.63, 3.8) is 0 Å². The molecule has 1 aliphatic rings. The summed E-state index contributed by atoms with van der Waals surface area (Å²) in [6.45, 7) is 5.26. The van der Waals surface area contributed by atoms with E-state index in [9.17, 15) is 0 Å². The van der Waals surface area contributed by atoms with Crippen molar-refractivity contribution in [3.8, 4) is 0 Å². The molecule has 0 saturated carbocycles. The van der Waals surface area contributed by atoms with Crippen molar-refractivity contribution in [3.05, 3.63) is 53.6 Å². The average Bonchev–Trinajstić information content (AvgIpc) is 2.27. The van der Waals surface area contributed by atoms with Crippen molar-refractivity contribution in [2.24, 2.45) is 0 Å². The lowest BCUT2D eigenvalue weighted by Crippen LogP contribution is -2.08. The summed E-state index contributed by atoms with van der Waals surface area (Å²) in [5.74, 6) is 0.468. The number of benzene rings is 1. The fourth-order valence-electron chi connectivity index (χ4n) is 2.07. The summed E-state index contributed by atoms with van der Waals surface area (Å²) in [7, 11) is 0. The lowest BCUT2D eigenvalue weighted by Gasteiger charge is -2.20. The molecule has 0 saturated heterocycles. The number of anilines is 1. The highest BCUT2D eigenvalue weighted by atomic mass is 14.9. The molecule has 1 aromatic rings. The summed E-state index contributed by atoms with van der Waals surface area (Å²) in [4.78, 5) is 0. The van der Waals surface area contributed by atoms with Crippen LogP contribution < -0.4 is 5.32 Å². The number of nitrogens with one attached hydrogen (secondary N) is 1. The summed E-state index contributed by atoms with van der Waals surface area (Å²) in [6, 6.07) is 8.54. The normalized spacial score (nSPS) is 24.9. The van der Waals surface area contributed by atoms with Crippen LogP contribution in [0.3, 0.4) is 0 Å². The maximum atomic E-state index is 3.43. The van der Waals surface area contributed by atoms with Crippen LogP contribution in [-0.2, 0) is 0 Å². The van der Waals surface area contributed by atoms with E-state index in [-0.39, 0.29) is 0 Å². The Morgan fingerprint density at radius 1 is 1.33 bits per heavy atom. The quantitative estimate of drug-likeness (QED) is 0.671. The maximum absolute atomic E-state index is 3.43. The molecule has 0 aromatic heterocycles. The van der Waals surface area contributed by atoms with E-state index in [1.807, 2.05) is 0 Å². The Balaban J connectivity index is 2.47. The smallest absolute Gasteiger partial charge is 0.0381 e. The van der Waals surface area contributed by atoms with E-state index in [1.165, 1.54) is 16.8 Å². The zero-order chi connectivity index (χ0) is 10.7. The number of hydrogen-bond acceptors (Lipinski definition) is 1. The fraction of sp³-hybridized carbons (Fsp3) is 0.286. The third-order valence-electron chi connectivity index (χ3n) is 2.98. The molecular formula is C14H17N. The molecule has 1 heterocycles. The van der Waals surface area contributed by atoms with Gasteiger partial charge in [0.15, 0.2) is 0 Å². The SMILES string of the molecule is C/C=C1\C=C/CNc2ccccc2C1C. The van der Waals surface area contributed by atoms with Gasteiger partial charge in [-0.1, -0.05) is 43.4 Å². The zero-order valence-corrected chi connectivity index (χ0v) is 9.33. The molecule has 0 spiro atoms. The van der Waals surface area contributed by atoms with Gasteiger partial charge in [0.2, 0.25) is 0 Å². The highest BCUT2D eigenvalue weighted by Crippen LogP contribution is 2.31. The Morgan fingerprint density at radius 3 is 2.93 bits per heavy atom. The van der Waals surface area contributed by atoms with E-state index < -0.39 is 0 Å². The standard InChI is InChI=1S/C14H17N/c1-3-12-7-6-10-15-14-9-5-4-8-13(14)11(12)2/h3-9,11,15H,10H2,1-2H3/b7-6-,12-3+. The van der Waals surface area contributed by atoms with Gasteiger partial charge in [-0.2, -0.15) is 0 Å². The van der Waals surface area contributed by atoms with Gasteiger partial charge < -0.3 is 5.32 Å². The van der Waals surface area contributed by atoms with E-state index in [2.05, 4.69) is 61.7 Å². The van der Waals surface area contributed by atoms with Crippen LogP contribution >= 0.6 is 0 Å². The fourth-order valence-corrected chi connectivity index (χ4v) is 2.07. The maximum Gasteiger partial charge on any atom is 0.0381 e. The van der Waals surface area contributed by atoms with E-state index in [0.717, 1.165) is 6.54 Å². The van der Waals surface area contributed by atoms with Crippen molar-refractivity contribution in [2.45, 2.75) is 19.8 Å². The summed E-state index contributed by atoms with van der Waals surface area (Å²) >= 11 is 0. The van der Waals surface area contributed by atoms with Crippen LogP contribution in [0.4, 0.5) is 5.69 Å². The molecule has 1 unspecified atom stereocenters. The molecule has 0 fully saturated rings. The van der Waals surface area contributed by atoms with E-state index in [4.69, 9.17) is 0 Å². The topological polar surface area (TPSA) is 12.0 Å². The van der Waals surface area contributed by atoms with E-state index in [0.29, 0.717) is 5.92 Å². The van der Waals surface area contributed by atoms with Crippen LogP contribution in [0.15, 0.2) is 48.1 Å². The van der Waals surface area contributed by atoms with Gasteiger partial charge in [0.05, 0.1) is 0 Å². The largest absolute Gasteiger partial charge is 0.381 e. The average molecular weight is 199 g/mol. The second-order valence-corrected chi connectivity index (χ2v) is 3.88. The van der Waals surface area contributed by atoms with Gasteiger partial charge in [0.1, 0.15) is 0 Å². The van der Waals surface area contributed by atoms with Crippen molar-refractivity contribution in [2.75, 3.05) is 11.9 Å². The molecule has 1 nitrogen and oxygen atoms in total. The Labute approximate surface area is 91.5 Å². The Morgan fingerprint density at radius 2 is 2.13 bits per heavy atom. The predicted octanol–water partition coefficient (Wildman–Crippen LogP) is 3.72. The molecule has 0 aliphatic carbocycles. The second kappa shape index (κ2) is 4.35. The van der Waals surface area contributed by atoms with Crippen LogP contribution in [-0.4, -0.2) is 6.54 Å². The number of fused-ring (bicyclic) bond motifs is 1. The summed E-state index contributed by atoms with van der Waals surface area (Å²) < 4.78 is 0. The number of hydrogen-bond donors (Lipinski definition) is 1. The monoisotopic (exact) mass is 199 g/mol. The van der Waals surface area contributed by atoms with Crippen molar-refractivity contribution < 1.29 is 0 Å². The Hall–Kier alpha value is -1.50. The van der Waals surface area contributed by atoms with Crippen LogP contribution in [0.2, 0.25) is 0 Å². The third-order valence-corrected chi connectivity index (χ3v) is 2.98. The molecular weight excluding hydrogens is 182 g/mol. The molecule has 1 aliphatic heterocycles. The molecule has 0 amide bonds. The Bertz CT molecular complexity index is 402. The van der Waals surface area contributed by atoms with Crippen LogP contribution in [0.5, 0.6) is 0 Å². The minimum atomic E-state index is 0.468. The van der Waals surface area contributed by atoms with Gasteiger partial charge in [-0.15, -0.1) is 0 Å². The minimum absolute atomic E-state index is 0.468. The lowest BCUT2D eigenvalue weighted by molar-refractivity contribution is 0.912. The molecule has 1 aromatic carbocycles. The Kier molecular flexibility index (Phi) is 2.91. The van der Waals surface area contributed by atoms with Crippen molar-refractivity contribution >= 4 is 5.69 Å². The molecule has 0 bridgehead atoms. The predicted molar refractivity (Wildman–Crippen MR) is 66.2 cm³/mol. The number of para-hydroxylation sites is 1. The second-order valence-electron chi connectivity index (χ2n) is 3.88. The van der Waals surface area contributed by atoms with Crippen molar-refractivity contribution in [1.29, 1.82) is 0 Å². The first-order valence-electron chi connectivity index (χ1n) is 5.48. The highest BCUT2D eigenvalue weighted by molar-refractivity contribution is 5.56. The molecule has 1 atom stereocenters. The van der Waals surface area contributed by atoms with Gasteiger partial charge in [0, 0.05) is 18.2 Å². The first-order chi connectivity index (χ1) is 7.33. The minimum Gasteiger partial charge on any atom is -0.381 e. The lowest BCUT2D eigenvalue weighted by atomic mass is 9.90. The van der Waals surface area contributed by atoms with E-state index in [1.54, 1.807) is 0 Å². The highest BCUT2D eigenvalue weighted by Gasteiger charge is 2.13. The van der Waals surface area contributed by atoms with Crippen molar-refractivity contribution in [1.82, 2.24) is 0 Å². The summed E-state index contributed by atoms with van der Waals surface area (Å²) in [6.07, 6.45) is 6.60. The molecule has 78 valence electrons. The van der Waals surface area contributed by atoms with Gasteiger partial charge in [-0.3, -0.25) is 0 Å². The van der Waals surface area contributed by atoms with Gasteiger partial charge in [-0.05, 0) is 24.1 Å². The summed E-state index contributed by atoms with van der Waals surface area (Å²) in [5, 5.41) is 3.43. The van der Waals surface area contributed by atoms with E-state index >= 15 is 0 Å². The zero-order valence-electron chi connectivity index (χ0n) is 9.33. The van der Waals surface area contributed by atoms with Gasteiger partial charge >= 0.3 is 0 Å². The first kappa shape index (κ1) is 10.0. The molecule has 1 heteroatoms. The number of rotatable bonds is 0. The first-order valence-corrected chi connectivity index (χ1v) is 5.48. The molecule has 0 radical (unpaired) electrons. The van der Waals surface area contributed by atoms with Gasteiger partial charge in [0.25, 0.3) is 0 Å². The van der Waals surface area contributed by atoms with Crippen LogP contribution in [0.1, 0.15) is 25.3 Å². The van der Waals surface area contributed by atoms with Gasteiger partial charge in [-0.25, -0.2) is 0 Å². The van der Waals surface area contributed by atoms with Crippen LogP contribution in [0.25, 0.3) is 0 Å². The third kappa shape index (κ3) is 1.96. The molecule has 15 heavy (non-hydrogen) atoms. The van der Waals surface area contributed by atoms with Crippen LogP contribution in [0, 0.1) is 0 Å². The number of allylic oxidation sites excluding steroid dienone is 3. The molecule has 2 rings (SSSR count). The summed E-state index contributed by atoms with van der Waals surface area (Å²) in [5.41, 5.74) is 4.03. The molecule has 1 N–H and O–H groups in total.